The van der Waals surface area contributed by atoms with Gasteiger partial charge in [-0.25, -0.2) is 0 Å². The number of nitrogens with zero attached hydrogens (tertiary/aromatic N) is 1. The third-order valence-corrected chi connectivity index (χ3v) is 4.40. The fourth-order valence-electron chi connectivity index (χ4n) is 3.18. The Kier molecular flexibility index (Phi) is 5.67. The Labute approximate surface area is 133 Å². The van der Waals surface area contributed by atoms with Crippen molar-refractivity contribution in [3.8, 4) is 11.5 Å². The molecule has 1 aromatic carbocycles. The van der Waals surface area contributed by atoms with Gasteiger partial charge in [-0.1, -0.05) is 19.9 Å². The molecule has 1 saturated heterocycles. The van der Waals surface area contributed by atoms with E-state index in [0.717, 1.165) is 43.2 Å². The number of methoxy groups -OCH3 is 2. The summed E-state index contributed by atoms with van der Waals surface area (Å²) in [6, 6.07) is 6.03. The van der Waals surface area contributed by atoms with Crippen molar-refractivity contribution in [1.82, 2.24) is 10.2 Å². The molecule has 5 nitrogen and oxygen atoms in total. The first-order valence-corrected chi connectivity index (χ1v) is 7.81. The van der Waals surface area contributed by atoms with E-state index in [4.69, 9.17) is 9.47 Å². The van der Waals surface area contributed by atoms with Crippen molar-refractivity contribution in [1.29, 1.82) is 0 Å². The molecule has 124 valence electrons. The highest BCUT2D eigenvalue weighted by Gasteiger charge is 2.37. The Morgan fingerprint density at radius 3 is 2.45 bits per heavy atom. The molecule has 2 N–H and O–H groups in total. The van der Waals surface area contributed by atoms with Gasteiger partial charge in [0.15, 0.2) is 0 Å². The predicted octanol–water partition coefficient (Wildman–Crippen LogP) is 1.67. The number of hydrogen-bond acceptors (Lipinski definition) is 5. The van der Waals surface area contributed by atoms with E-state index in [0.29, 0.717) is 0 Å². The van der Waals surface area contributed by atoms with Gasteiger partial charge in [-0.2, -0.15) is 0 Å². The van der Waals surface area contributed by atoms with Gasteiger partial charge in [-0.15, -0.1) is 0 Å². The van der Waals surface area contributed by atoms with Crippen LogP contribution in [0.3, 0.4) is 0 Å². The highest BCUT2D eigenvalue weighted by molar-refractivity contribution is 5.43. The largest absolute Gasteiger partial charge is 0.497 e. The lowest BCUT2D eigenvalue weighted by Crippen LogP contribution is -2.49. The summed E-state index contributed by atoms with van der Waals surface area (Å²) in [6.07, 6.45) is 0. The van der Waals surface area contributed by atoms with E-state index in [9.17, 15) is 5.11 Å². The fraction of sp³-hybridized carbons (Fsp3) is 0.647. The minimum absolute atomic E-state index is 0.0976. The zero-order valence-corrected chi connectivity index (χ0v) is 14.1. The van der Waals surface area contributed by atoms with E-state index in [-0.39, 0.29) is 18.1 Å². The lowest BCUT2D eigenvalue weighted by Gasteiger charge is -2.43. The number of nitrogens with one attached hydrogen (secondary N) is 1. The molecule has 0 radical (unpaired) electrons. The normalized spacial score (nSPS) is 18.0. The van der Waals surface area contributed by atoms with Gasteiger partial charge in [0, 0.05) is 55.9 Å². The third kappa shape index (κ3) is 3.54. The summed E-state index contributed by atoms with van der Waals surface area (Å²) < 4.78 is 10.9. The second-order valence-corrected chi connectivity index (χ2v) is 6.44. The molecule has 0 aromatic heterocycles. The highest BCUT2D eigenvalue weighted by Crippen LogP contribution is 2.43. The minimum atomic E-state index is -0.265. The molecule has 22 heavy (non-hydrogen) atoms. The van der Waals surface area contributed by atoms with Crippen LogP contribution in [-0.4, -0.2) is 57.0 Å². The summed E-state index contributed by atoms with van der Waals surface area (Å²) >= 11 is 0. The van der Waals surface area contributed by atoms with E-state index in [1.165, 1.54) is 0 Å². The maximum absolute atomic E-state index is 9.91. The number of aliphatic hydroxyl groups is 1. The smallest absolute Gasteiger partial charge is 0.127 e. The lowest BCUT2D eigenvalue weighted by molar-refractivity contribution is 0.0292. The van der Waals surface area contributed by atoms with Gasteiger partial charge in [-0.05, 0) is 6.07 Å². The summed E-state index contributed by atoms with van der Waals surface area (Å²) in [5.41, 5.74) is 0.836. The molecule has 0 saturated carbocycles. The number of piperazine rings is 1. The van der Waals surface area contributed by atoms with Crippen molar-refractivity contribution in [3.05, 3.63) is 23.8 Å². The molecular weight excluding hydrogens is 280 g/mol. The number of ether oxygens (including phenoxy) is 2. The molecule has 5 heteroatoms. The van der Waals surface area contributed by atoms with Gasteiger partial charge in [0.25, 0.3) is 0 Å². The van der Waals surface area contributed by atoms with E-state index < -0.39 is 0 Å². The SMILES string of the molecule is COc1ccc([C@@H](N2CCNCC2)C(C)(C)CO)c(OC)c1. The van der Waals surface area contributed by atoms with Crippen LogP contribution in [0.25, 0.3) is 0 Å². The highest BCUT2D eigenvalue weighted by atomic mass is 16.5. The second-order valence-electron chi connectivity index (χ2n) is 6.44. The van der Waals surface area contributed by atoms with Crippen molar-refractivity contribution < 1.29 is 14.6 Å². The molecule has 0 aliphatic carbocycles. The van der Waals surface area contributed by atoms with Gasteiger partial charge in [0.1, 0.15) is 11.5 Å². The third-order valence-electron chi connectivity index (χ3n) is 4.40. The van der Waals surface area contributed by atoms with Gasteiger partial charge in [-0.3, -0.25) is 4.90 Å². The molecular formula is C17H28N2O3. The summed E-state index contributed by atoms with van der Waals surface area (Å²) in [5, 5.41) is 13.3. The quantitative estimate of drug-likeness (QED) is 0.837. The molecule has 1 aliphatic heterocycles. The number of hydrogen-bond donors (Lipinski definition) is 2. The summed E-state index contributed by atoms with van der Waals surface area (Å²) in [7, 11) is 3.33. The van der Waals surface area contributed by atoms with Crippen molar-refractivity contribution in [2.45, 2.75) is 19.9 Å². The van der Waals surface area contributed by atoms with Crippen LogP contribution in [0.1, 0.15) is 25.5 Å². The number of benzene rings is 1. The fourth-order valence-corrected chi connectivity index (χ4v) is 3.18. The number of rotatable bonds is 6. The zero-order valence-electron chi connectivity index (χ0n) is 14.1. The topological polar surface area (TPSA) is 54.0 Å². The minimum Gasteiger partial charge on any atom is -0.497 e. The van der Waals surface area contributed by atoms with E-state index in [1.54, 1.807) is 14.2 Å². The van der Waals surface area contributed by atoms with Crippen LogP contribution in [0.5, 0.6) is 11.5 Å². The van der Waals surface area contributed by atoms with Crippen LogP contribution in [0.2, 0.25) is 0 Å². The summed E-state index contributed by atoms with van der Waals surface area (Å²) in [5.74, 6) is 1.59. The molecule has 1 aromatic rings. The number of aliphatic hydroxyl groups excluding tert-OH is 1. The van der Waals surface area contributed by atoms with Gasteiger partial charge >= 0.3 is 0 Å². The Morgan fingerprint density at radius 1 is 1.23 bits per heavy atom. The molecule has 2 rings (SSSR count). The average molecular weight is 308 g/mol. The van der Waals surface area contributed by atoms with Gasteiger partial charge in [0.2, 0.25) is 0 Å². The van der Waals surface area contributed by atoms with E-state index >= 15 is 0 Å². The molecule has 1 fully saturated rings. The molecule has 0 amide bonds. The first-order chi connectivity index (χ1) is 10.5. The molecule has 1 atom stereocenters. The Balaban J connectivity index is 2.44. The maximum Gasteiger partial charge on any atom is 0.127 e. The van der Waals surface area contributed by atoms with Crippen LogP contribution in [0.15, 0.2) is 18.2 Å². The second kappa shape index (κ2) is 7.31. The van der Waals surface area contributed by atoms with Crippen molar-refractivity contribution in [2.75, 3.05) is 47.0 Å². The molecule has 1 aliphatic rings. The maximum atomic E-state index is 9.91. The Hall–Kier alpha value is -1.30. The van der Waals surface area contributed by atoms with Crippen molar-refractivity contribution >= 4 is 0 Å². The summed E-state index contributed by atoms with van der Waals surface area (Å²) in [6.45, 7) is 8.18. The first-order valence-electron chi connectivity index (χ1n) is 7.81. The first kappa shape index (κ1) is 17.1. The van der Waals surface area contributed by atoms with Crippen molar-refractivity contribution in [3.63, 3.8) is 0 Å². The standard InChI is InChI=1S/C17H28N2O3/c1-17(2,12-20)16(19-9-7-18-8-10-19)14-6-5-13(21-3)11-15(14)22-4/h5-6,11,16,18,20H,7-10,12H2,1-4H3/t16-/m1/s1. The molecule has 0 spiro atoms. The Morgan fingerprint density at radius 2 is 1.91 bits per heavy atom. The van der Waals surface area contributed by atoms with Crippen LogP contribution in [0.4, 0.5) is 0 Å². The van der Waals surface area contributed by atoms with Crippen LogP contribution in [0, 0.1) is 5.41 Å². The van der Waals surface area contributed by atoms with Gasteiger partial charge in [0.05, 0.1) is 14.2 Å². The van der Waals surface area contributed by atoms with Crippen LogP contribution >= 0.6 is 0 Å². The van der Waals surface area contributed by atoms with Crippen molar-refractivity contribution in [2.24, 2.45) is 5.41 Å². The lowest BCUT2D eigenvalue weighted by atomic mass is 9.79. The van der Waals surface area contributed by atoms with Crippen LogP contribution < -0.4 is 14.8 Å². The molecule has 0 bridgehead atoms. The zero-order chi connectivity index (χ0) is 16.2. The Bertz CT molecular complexity index is 485. The van der Waals surface area contributed by atoms with E-state index in [2.05, 4.69) is 30.1 Å². The van der Waals surface area contributed by atoms with Crippen LogP contribution in [-0.2, 0) is 0 Å². The molecule has 1 heterocycles. The molecule has 0 unspecified atom stereocenters. The monoisotopic (exact) mass is 308 g/mol. The van der Waals surface area contributed by atoms with E-state index in [1.807, 2.05) is 12.1 Å². The summed E-state index contributed by atoms with van der Waals surface area (Å²) in [4.78, 5) is 2.43. The predicted molar refractivity (Wildman–Crippen MR) is 87.6 cm³/mol. The average Bonchev–Trinajstić information content (AvgIpc) is 2.56. The van der Waals surface area contributed by atoms with Gasteiger partial charge < -0.3 is 19.9 Å².